The number of hydrogen-bond donors (Lipinski definition) is 2. The van der Waals surface area contributed by atoms with E-state index in [1.165, 1.54) is 0 Å². The summed E-state index contributed by atoms with van der Waals surface area (Å²) in [4.78, 5) is 0. The van der Waals surface area contributed by atoms with E-state index in [9.17, 15) is 0 Å². The molecule has 0 aliphatic carbocycles. The molecule has 50 valence electrons. The third-order valence-electron chi connectivity index (χ3n) is 0.780. The molecule has 8 heavy (non-hydrogen) atoms. The predicted molar refractivity (Wildman–Crippen MR) is 40.6 cm³/mol. The Kier molecular flexibility index (Phi) is 5.73. The Labute approximate surface area is 53.7 Å². The van der Waals surface area contributed by atoms with Gasteiger partial charge in [0.25, 0.3) is 0 Å². The van der Waals surface area contributed by atoms with Crippen molar-refractivity contribution in [2.24, 2.45) is 5.92 Å². The second-order valence-electron chi connectivity index (χ2n) is 2.23. The SMILES string of the molecule is CC(C)CNCNP. The minimum Gasteiger partial charge on any atom is -0.304 e. The highest BCUT2D eigenvalue weighted by Gasteiger charge is 1.88. The highest BCUT2D eigenvalue weighted by molar-refractivity contribution is 7.13. The summed E-state index contributed by atoms with van der Waals surface area (Å²) in [5, 5.41) is 6.13. The standard InChI is InChI=1S/C5H15N2P/c1-5(2)3-6-4-7-8/h5-7H,3-4,8H2,1-2H3. The molecule has 1 unspecified atom stereocenters. The van der Waals surface area contributed by atoms with Gasteiger partial charge in [-0.25, -0.2) is 0 Å². The van der Waals surface area contributed by atoms with Gasteiger partial charge in [-0.3, -0.25) is 5.09 Å². The highest BCUT2D eigenvalue weighted by Crippen LogP contribution is 1.85. The lowest BCUT2D eigenvalue weighted by Crippen LogP contribution is -2.26. The summed E-state index contributed by atoms with van der Waals surface area (Å²) in [7, 11) is 2.45. The van der Waals surface area contributed by atoms with Crippen LogP contribution in [0.2, 0.25) is 0 Å². The first-order valence-corrected chi connectivity index (χ1v) is 3.49. The second-order valence-corrected chi connectivity index (χ2v) is 2.64. The van der Waals surface area contributed by atoms with Crippen molar-refractivity contribution in [1.29, 1.82) is 0 Å². The van der Waals surface area contributed by atoms with Gasteiger partial charge in [0.15, 0.2) is 0 Å². The fourth-order valence-corrected chi connectivity index (χ4v) is 0.577. The van der Waals surface area contributed by atoms with Crippen molar-refractivity contribution in [3.05, 3.63) is 0 Å². The van der Waals surface area contributed by atoms with Crippen molar-refractivity contribution >= 4 is 9.39 Å². The average molecular weight is 134 g/mol. The van der Waals surface area contributed by atoms with E-state index in [1.807, 2.05) is 0 Å². The van der Waals surface area contributed by atoms with Crippen LogP contribution in [0.4, 0.5) is 0 Å². The van der Waals surface area contributed by atoms with Crippen LogP contribution >= 0.6 is 9.39 Å². The van der Waals surface area contributed by atoms with Gasteiger partial charge in [-0.1, -0.05) is 23.2 Å². The molecule has 1 atom stereocenters. The highest BCUT2D eigenvalue weighted by atomic mass is 31.0. The summed E-state index contributed by atoms with van der Waals surface area (Å²) in [5.74, 6) is 0.744. The minimum absolute atomic E-state index is 0.744. The van der Waals surface area contributed by atoms with Gasteiger partial charge in [-0.2, -0.15) is 0 Å². The Morgan fingerprint density at radius 1 is 1.50 bits per heavy atom. The van der Waals surface area contributed by atoms with E-state index in [4.69, 9.17) is 0 Å². The lowest BCUT2D eigenvalue weighted by molar-refractivity contribution is 0.552. The van der Waals surface area contributed by atoms with Crippen molar-refractivity contribution in [3.8, 4) is 0 Å². The lowest BCUT2D eigenvalue weighted by Gasteiger charge is -2.04. The molecule has 0 aromatic carbocycles. The zero-order valence-electron chi connectivity index (χ0n) is 5.57. The van der Waals surface area contributed by atoms with E-state index < -0.39 is 0 Å². The Bertz CT molecular complexity index is 47.7. The fourth-order valence-electron chi connectivity index (χ4n) is 0.433. The molecule has 0 heterocycles. The predicted octanol–water partition coefficient (Wildman–Crippen LogP) is 0.569. The van der Waals surface area contributed by atoms with Crippen LogP contribution in [0, 0.1) is 5.92 Å². The van der Waals surface area contributed by atoms with Crippen molar-refractivity contribution in [2.45, 2.75) is 13.8 Å². The van der Waals surface area contributed by atoms with E-state index in [-0.39, 0.29) is 0 Å². The summed E-state index contributed by atoms with van der Waals surface area (Å²) in [6.07, 6.45) is 0. The third-order valence-corrected chi connectivity index (χ3v) is 0.984. The zero-order valence-corrected chi connectivity index (χ0v) is 6.72. The summed E-state index contributed by atoms with van der Waals surface area (Å²) >= 11 is 0. The van der Waals surface area contributed by atoms with Crippen LogP contribution < -0.4 is 10.4 Å². The van der Waals surface area contributed by atoms with E-state index in [0.717, 1.165) is 19.1 Å². The first kappa shape index (κ1) is 8.35. The van der Waals surface area contributed by atoms with Gasteiger partial charge in [-0.05, 0) is 12.5 Å². The van der Waals surface area contributed by atoms with Crippen molar-refractivity contribution in [3.63, 3.8) is 0 Å². The Morgan fingerprint density at radius 3 is 2.50 bits per heavy atom. The third kappa shape index (κ3) is 6.35. The normalized spacial score (nSPS) is 10.5. The number of hydrogen-bond acceptors (Lipinski definition) is 2. The van der Waals surface area contributed by atoms with Gasteiger partial charge in [0.05, 0.1) is 0 Å². The van der Waals surface area contributed by atoms with Crippen LogP contribution in [-0.4, -0.2) is 13.2 Å². The van der Waals surface area contributed by atoms with Crippen molar-refractivity contribution in [1.82, 2.24) is 10.4 Å². The second kappa shape index (κ2) is 5.49. The molecule has 0 amide bonds. The molecular weight excluding hydrogens is 119 g/mol. The Morgan fingerprint density at radius 2 is 2.12 bits per heavy atom. The first-order valence-electron chi connectivity index (χ1n) is 2.91. The molecule has 2 nitrogen and oxygen atoms in total. The van der Waals surface area contributed by atoms with E-state index in [0.29, 0.717) is 0 Å². The molecule has 0 aliphatic rings. The molecule has 0 bridgehead atoms. The maximum absolute atomic E-state index is 3.20. The molecule has 0 radical (unpaired) electrons. The number of rotatable bonds is 4. The molecule has 0 aromatic heterocycles. The van der Waals surface area contributed by atoms with Crippen LogP contribution in [-0.2, 0) is 0 Å². The van der Waals surface area contributed by atoms with Crippen LogP contribution in [0.3, 0.4) is 0 Å². The van der Waals surface area contributed by atoms with E-state index in [1.54, 1.807) is 0 Å². The van der Waals surface area contributed by atoms with Gasteiger partial charge < -0.3 is 5.32 Å². The van der Waals surface area contributed by atoms with Gasteiger partial charge in [0.2, 0.25) is 0 Å². The maximum atomic E-state index is 3.20. The molecule has 0 aliphatic heterocycles. The summed E-state index contributed by atoms with van der Waals surface area (Å²) in [6, 6.07) is 0. The van der Waals surface area contributed by atoms with Crippen LogP contribution in [0.1, 0.15) is 13.8 Å². The maximum Gasteiger partial charge on any atom is 0.0484 e. The van der Waals surface area contributed by atoms with Gasteiger partial charge in [-0.15, -0.1) is 0 Å². The first-order chi connectivity index (χ1) is 3.77. The topological polar surface area (TPSA) is 24.1 Å². The van der Waals surface area contributed by atoms with Gasteiger partial charge in [0.1, 0.15) is 0 Å². The molecule has 0 spiro atoms. The lowest BCUT2D eigenvalue weighted by atomic mass is 10.2. The fraction of sp³-hybridized carbons (Fsp3) is 1.00. The molecule has 0 aromatic rings. The van der Waals surface area contributed by atoms with Crippen LogP contribution in [0.15, 0.2) is 0 Å². The molecule has 0 rings (SSSR count). The summed E-state index contributed by atoms with van der Waals surface area (Å²) in [6.45, 7) is 6.34. The monoisotopic (exact) mass is 134 g/mol. The largest absolute Gasteiger partial charge is 0.304 e. The minimum atomic E-state index is 0.744. The van der Waals surface area contributed by atoms with E-state index >= 15 is 0 Å². The summed E-state index contributed by atoms with van der Waals surface area (Å²) in [5.41, 5.74) is 0. The molecule has 3 heteroatoms. The summed E-state index contributed by atoms with van der Waals surface area (Å²) < 4.78 is 0. The Hall–Kier alpha value is 0.350. The molecule has 2 N–H and O–H groups in total. The van der Waals surface area contributed by atoms with Gasteiger partial charge >= 0.3 is 0 Å². The van der Waals surface area contributed by atoms with Crippen molar-refractivity contribution < 1.29 is 0 Å². The molecule has 0 fully saturated rings. The van der Waals surface area contributed by atoms with E-state index in [2.05, 4.69) is 33.6 Å². The van der Waals surface area contributed by atoms with Gasteiger partial charge in [0, 0.05) is 6.67 Å². The quantitative estimate of drug-likeness (QED) is 0.333. The molecule has 0 saturated heterocycles. The number of nitrogens with one attached hydrogen (secondary N) is 2. The van der Waals surface area contributed by atoms with Crippen molar-refractivity contribution in [2.75, 3.05) is 13.2 Å². The molecule has 0 saturated carbocycles. The Balaban J connectivity index is 2.72. The average Bonchev–Trinajstić information content (AvgIpc) is 1.66. The van der Waals surface area contributed by atoms with Crippen LogP contribution in [0.5, 0.6) is 0 Å². The zero-order chi connectivity index (χ0) is 6.41. The molecular formula is C5H15N2P. The van der Waals surface area contributed by atoms with Crippen LogP contribution in [0.25, 0.3) is 0 Å². The smallest absolute Gasteiger partial charge is 0.0484 e.